The molecule has 1 fully saturated rings. The second-order valence-corrected chi connectivity index (χ2v) is 6.24. The van der Waals surface area contributed by atoms with Crippen LogP contribution in [0.2, 0.25) is 0 Å². The van der Waals surface area contributed by atoms with Crippen LogP contribution in [-0.2, 0) is 0 Å². The first-order valence-electron chi connectivity index (χ1n) is 7.86. The standard InChI is InChI=1S/C19H27N/c1-15(2)8-9-17-10-12-19(13-11-17)16(3)20-14-18-6-4-5-7-18/h8-13,15,18,20H,3-7,14H2,1-2H3/b9-8+. The maximum atomic E-state index is 4.16. The maximum Gasteiger partial charge on any atom is 0.0340 e. The fourth-order valence-corrected chi connectivity index (χ4v) is 2.68. The lowest BCUT2D eigenvalue weighted by molar-refractivity contribution is 0.532. The van der Waals surface area contributed by atoms with Gasteiger partial charge in [0, 0.05) is 12.2 Å². The van der Waals surface area contributed by atoms with Crippen molar-refractivity contribution < 1.29 is 0 Å². The van der Waals surface area contributed by atoms with E-state index in [1.54, 1.807) is 0 Å². The Morgan fingerprint density at radius 3 is 2.50 bits per heavy atom. The molecule has 0 heterocycles. The molecule has 20 heavy (non-hydrogen) atoms. The van der Waals surface area contributed by atoms with E-state index in [9.17, 15) is 0 Å². The van der Waals surface area contributed by atoms with Crippen LogP contribution >= 0.6 is 0 Å². The number of hydrogen-bond acceptors (Lipinski definition) is 1. The van der Waals surface area contributed by atoms with Crippen molar-refractivity contribution in [2.24, 2.45) is 11.8 Å². The molecular formula is C19H27N. The molecule has 1 aliphatic rings. The molecule has 1 aromatic rings. The van der Waals surface area contributed by atoms with Crippen molar-refractivity contribution in [1.29, 1.82) is 0 Å². The van der Waals surface area contributed by atoms with Gasteiger partial charge in [-0.25, -0.2) is 0 Å². The quantitative estimate of drug-likeness (QED) is 0.757. The summed E-state index contributed by atoms with van der Waals surface area (Å²) in [7, 11) is 0. The summed E-state index contributed by atoms with van der Waals surface area (Å²) in [6, 6.07) is 8.64. The largest absolute Gasteiger partial charge is 0.385 e. The van der Waals surface area contributed by atoms with Gasteiger partial charge in [0.25, 0.3) is 0 Å². The zero-order valence-corrected chi connectivity index (χ0v) is 12.9. The molecule has 108 valence electrons. The van der Waals surface area contributed by atoms with E-state index in [0.717, 1.165) is 18.2 Å². The van der Waals surface area contributed by atoms with Gasteiger partial charge in [-0.3, -0.25) is 0 Å². The first kappa shape index (κ1) is 14.9. The molecule has 1 nitrogen and oxygen atoms in total. The molecule has 0 spiro atoms. The van der Waals surface area contributed by atoms with Gasteiger partial charge in [-0.2, -0.15) is 0 Å². The van der Waals surface area contributed by atoms with Gasteiger partial charge in [-0.15, -0.1) is 0 Å². The molecule has 0 radical (unpaired) electrons. The van der Waals surface area contributed by atoms with Gasteiger partial charge in [0.05, 0.1) is 0 Å². The van der Waals surface area contributed by atoms with Crippen LogP contribution in [0.3, 0.4) is 0 Å². The van der Waals surface area contributed by atoms with E-state index in [1.807, 2.05) is 0 Å². The third-order valence-electron chi connectivity index (χ3n) is 4.01. The molecule has 0 unspecified atom stereocenters. The van der Waals surface area contributed by atoms with Crippen LogP contribution in [0, 0.1) is 11.8 Å². The molecule has 0 bridgehead atoms. The molecule has 1 aromatic carbocycles. The molecule has 0 atom stereocenters. The minimum absolute atomic E-state index is 0.595. The zero-order valence-electron chi connectivity index (χ0n) is 12.9. The van der Waals surface area contributed by atoms with Gasteiger partial charge in [0.1, 0.15) is 0 Å². The Bertz CT molecular complexity index is 447. The summed E-state index contributed by atoms with van der Waals surface area (Å²) < 4.78 is 0. The van der Waals surface area contributed by atoms with Crippen molar-refractivity contribution >= 4 is 11.8 Å². The summed E-state index contributed by atoms with van der Waals surface area (Å²) in [6.45, 7) is 9.63. The van der Waals surface area contributed by atoms with E-state index in [0.29, 0.717) is 5.92 Å². The third-order valence-corrected chi connectivity index (χ3v) is 4.01. The highest BCUT2D eigenvalue weighted by Gasteiger charge is 2.14. The molecule has 1 heteroatoms. The van der Waals surface area contributed by atoms with Gasteiger partial charge < -0.3 is 5.32 Å². The van der Waals surface area contributed by atoms with Crippen LogP contribution in [0.15, 0.2) is 36.9 Å². The number of benzene rings is 1. The zero-order chi connectivity index (χ0) is 14.4. The van der Waals surface area contributed by atoms with Gasteiger partial charge in [-0.1, -0.05) is 69.7 Å². The molecular weight excluding hydrogens is 242 g/mol. The van der Waals surface area contributed by atoms with Gasteiger partial charge in [0.15, 0.2) is 0 Å². The molecule has 1 aliphatic carbocycles. The second kappa shape index (κ2) is 7.33. The highest BCUT2D eigenvalue weighted by Crippen LogP contribution is 2.24. The normalized spacial score (nSPS) is 16.1. The summed E-state index contributed by atoms with van der Waals surface area (Å²) in [6.07, 6.45) is 9.95. The summed E-state index contributed by atoms with van der Waals surface area (Å²) in [5.74, 6) is 1.44. The van der Waals surface area contributed by atoms with Crippen molar-refractivity contribution in [1.82, 2.24) is 5.32 Å². The van der Waals surface area contributed by atoms with Gasteiger partial charge in [0.2, 0.25) is 0 Å². The summed E-state index contributed by atoms with van der Waals surface area (Å²) in [5, 5.41) is 3.50. The Kier molecular flexibility index (Phi) is 5.46. The summed E-state index contributed by atoms with van der Waals surface area (Å²) in [4.78, 5) is 0. The van der Waals surface area contributed by atoms with E-state index in [-0.39, 0.29) is 0 Å². The van der Waals surface area contributed by atoms with E-state index in [4.69, 9.17) is 0 Å². The molecule has 0 saturated heterocycles. The smallest absolute Gasteiger partial charge is 0.0340 e. The van der Waals surface area contributed by atoms with Crippen molar-refractivity contribution in [3.05, 3.63) is 48.0 Å². The van der Waals surface area contributed by atoms with Gasteiger partial charge in [-0.05, 0) is 35.8 Å². The number of hydrogen-bond donors (Lipinski definition) is 1. The molecule has 2 rings (SSSR count). The minimum atomic E-state index is 0.595. The highest BCUT2D eigenvalue weighted by atomic mass is 14.9. The van der Waals surface area contributed by atoms with E-state index < -0.39 is 0 Å². The van der Waals surface area contributed by atoms with Crippen molar-refractivity contribution in [3.8, 4) is 0 Å². The number of nitrogens with one attached hydrogen (secondary N) is 1. The Balaban J connectivity index is 1.86. The highest BCUT2D eigenvalue weighted by molar-refractivity contribution is 5.63. The third kappa shape index (κ3) is 4.56. The lowest BCUT2D eigenvalue weighted by atomic mass is 10.1. The Hall–Kier alpha value is -1.50. The summed E-state index contributed by atoms with van der Waals surface area (Å²) >= 11 is 0. The molecule has 0 aliphatic heterocycles. The minimum Gasteiger partial charge on any atom is -0.385 e. The fraction of sp³-hybridized carbons (Fsp3) is 0.474. The lowest BCUT2D eigenvalue weighted by Gasteiger charge is -2.14. The average Bonchev–Trinajstić information content (AvgIpc) is 2.96. The molecule has 0 amide bonds. The second-order valence-electron chi connectivity index (χ2n) is 6.24. The SMILES string of the molecule is C=C(NCC1CCCC1)c1ccc(/C=C/C(C)C)cc1. The van der Waals surface area contributed by atoms with Gasteiger partial charge >= 0.3 is 0 Å². The topological polar surface area (TPSA) is 12.0 Å². The maximum absolute atomic E-state index is 4.16. The van der Waals surface area contributed by atoms with Crippen LogP contribution in [0.1, 0.15) is 50.7 Å². The van der Waals surface area contributed by atoms with Crippen LogP contribution < -0.4 is 5.32 Å². The molecule has 1 saturated carbocycles. The van der Waals surface area contributed by atoms with Crippen LogP contribution in [-0.4, -0.2) is 6.54 Å². The number of allylic oxidation sites excluding steroid dienone is 1. The lowest BCUT2D eigenvalue weighted by Crippen LogP contribution is -2.19. The van der Waals surface area contributed by atoms with Crippen molar-refractivity contribution in [2.75, 3.05) is 6.54 Å². The van der Waals surface area contributed by atoms with Crippen LogP contribution in [0.5, 0.6) is 0 Å². The van der Waals surface area contributed by atoms with Crippen LogP contribution in [0.25, 0.3) is 11.8 Å². The Labute approximate surface area is 123 Å². The Morgan fingerprint density at radius 2 is 1.90 bits per heavy atom. The first-order chi connectivity index (χ1) is 9.65. The first-order valence-corrected chi connectivity index (χ1v) is 7.86. The predicted octanol–water partition coefficient (Wildman–Crippen LogP) is 5.11. The van der Waals surface area contributed by atoms with Crippen molar-refractivity contribution in [3.63, 3.8) is 0 Å². The summed E-state index contributed by atoms with van der Waals surface area (Å²) in [5.41, 5.74) is 3.51. The van der Waals surface area contributed by atoms with E-state index in [2.05, 4.69) is 62.2 Å². The van der Waals surface area contributed by atoms with Crippen molar-refractivity contribution in [2.45, 2.75) is 39.5 Å². The fourth-order valence-electron chi connectivity index (χ4n) is 2.68. The Morgan fingerprint density at radius 1 is 1.25 bits per heavy atom. The van der Waals surface area contributed by atoms with Crippen LogP contribution in [0.4, 0.5) is 0 Å². The monoisotopic (exact) mass is 269 g/mol. The predicted molar refractivity (Wildman–Crippen MR) is 89.3 cm³/mol. The average molecular weight is 269 g/mol. The van der Waals surface area contributed by atoms with E-state index in [1.165, 1.54) is 36.8 Å². The molecule has 1 N–H and O–H groups in total. The van der Waals surface area contributed by atoms with E-state index >= 15 is 0 Å². The number of rotatable bonds is 6. The molecule has 0 aromatic heterocycles.